The summed E-state index contributed by atoms with van der Waals surface area (Å²) < 4.78 is 0. The van der Waals surface area contributed by atoms with Crippen LogP contribution in [0, 0.1) is 5.92 Å². The number of hydrogen-bond acceptors (Lipinski definition) is 1. The standard InChI is InChI=1S/C15H23N/c1-4-11(3)13-6-7-15-14(9-13)8-12(5-2)10-16-15/h6-7,9,11-12,16H,4-5,8,10H2,1-3H3. The zero-order valence-corrected chi connectivity index (χ0v) is 10.7. The highest BCUT2D eigenvalue weighted by Crippen LogP contribution is 2.30. The van der Waals surface area contributed by atoms with Crippen LogP contribution in [0.25, 0.3) is 0 Å². The third-order valence-electron chi connectivity index (χ3n) is 3.98. The monoisotopic (exact) mass is 217 g/mol. The van der Waals surface area contributed by atoms with Crippen LogP contribution < -0.4 is 5.32 Å². The molecule has 1 heteroatoms. The molecule has 0 bridgehead atoms. The third-order valence-corrected chi connectivity index (χ3v) is 3.98. The largest absolute Gasteiger partial charge is 0.385 e. The fourth-order valence-corrected chi connectivity index (χ4v) is 2.42. The van der Waals surface area contributed by atoms with Crippen LogP contribution in [-0.4, -0.2) is 6.54 Å². The first-order chi connectivity index (χ1) is 7.74. The summed E-state index contributed by atoms with van der Waals surface area (Å²) in [5.41, 5.74) is 4.38. The second kappa shape index (κ2) is 4.90. The number of anilines is 1. The SMILES string of the molecule is CCC1CNc2ccc(C(C)CC)cc2C1. The van der Waals surface area contributed by atoms with Crippen molar-refractivity contribution in [3.8, 4) is 0 Å². The van der Waals surface area contributed by atoms with E-state index in [1.165, 1.54) is 36.1 Å². The second-order valence-electron chi connectivity index (χ2n) is 5.09. The maximum absolute atomic E-state index is 3.55. The summed E-state index contributed by atoms with van der Waals surface area (Å²) in [6.45, 7) is 8.01. The van der Waals surface area contributed by atoms with E-state index in [9.17, 15) is 0 Å². The molecule has 0 spiro atoms. The zero-order valence-electron chi connectivity index (χ0n) is 10.7. The van der Waals surface area contributed by atoms with Crippen molar-refractivity contribution in [2.45, 2.75) is 46.0 Å². The minimum Gasteiger partial charge on any atom is -0.385 e. The molecule has 0 saturated heterocycles. The van der Waals surface area contributed by atoms with Crippen LogP contribution in [0.3, 0.4) is 0 Å². The van der Waals surface area contributed by atoms with Gasteiger partial charge in [0.05, 0.1) is 0 Å². The van der Waals surface area contributed by atoms with E-state index in [0.717, 1.165) is 12.5 Å². The van der Waals surface area contributed by atoms with Gasteiger partial charge in [-0.1, -0.05) is 39.3 Å². The maximum Gasteiger partial charge on any atom is 0.0373 e. The fraction of sp³-hybridized carbons (Fsp3) is 0.600. The van der Waals surface area contributed by atoms with Crippen LogP contribution in [-0.2, 0) is 6.42 Å². The zero-order chi connectivity index (χ0) is 11.5. The van der Waals surface area contributed by atoms with Gasteiger partial charge in [0.25, 0.3) is 0 Å². The van der Waals surface area contributed by atoms with Gasteiger partial charge >= 0.3 is 0 Å². The van der Waals surface area contributed by atoms with Crippen LogP contribution in [0.15, 0.2) is 18.2 Å². The minimum absolute atomic E-state index is 0.687. The quantitative estimate of drug-likeness (QED) is 0.800. The molecule has 0 aromatic heterocycles. The maximum atomic E-state index is 3.55. The second-order valence-corrected chi connectivity index (χ2v) is 5.09. The Balaban J connectivity index is 2.23. The molecule has 2 unspecified atom stereocenters. The van der Waals surface area contributed by atoms with Crippen molar-refractivity contribution in [3.05, 3.63) is 29.3 Å². The average molecular weight is 217 g/mol. The molecule has 0 fully saturated rings. The lowest BCUT2D eigenvalue weighted by molar-refractivity contribution is 0.520. The summed E-state index contributed by atoms with van der Waals surface area (Å²) in [4.78, 5) is 0. The van der Waals surface area contributed by atoms with E-state index in [4.69, 9.17) is 0 Å². The van der Waals surface area contributed by atoms with E-state index in [2.05, 4.69) is 44.3 Å². The predicted octanol–water partition coefficient (Wildman–Crippen LogP) is 4.19. The van der Waals surface area contributed by atoms with Crippen LogP contribution in [0.2, 0.25) is 0 Å². The molecule has 1 N–H and O–H groups in total. The third kappa shape index (κ3) is 2.23. The molecule has 0 saturated carbocycles. The Labute approximate surface area is 99.3 Å². The molecule has 2 rings (SSSR count). The molecule has 0 amide bonds. The fourth-order valence-electron chi connectivity index (χ4n) is 2.42. The Morgan fingerprint density at radius 2 is 2.19 bits per heavy atom. The Kier molecular flexibility index (Phi) is 3.52. The molecule has 0 aliphatic carbocycles. The highest BCUT2D eigenvalue weighted by molar-refractivity contribution is 5.55. The summed E-state index contributed by atoms with van der Waals surface area (Å²) in [6, 6.07) is 6.97. The number of hydrogen-bond donors (Lipinski definition) is 1. The molecule has 1 nitrogen and oxygen atoms in total. The molecular weight excluding hydrogens is 194 g/mol. The predicted molar refractivity (Wildman–Crippen MR) is 71.1 cm³/mol. The summed E-state index contributed by atoms with van der Waals surface area (Å²) in [7, 11) is 0. The van der Waals surface area contributed by atoms with Crippen molar-refractivity contribution in [3.63, 3.8) is 0 Å². The first kappa shape index (κ1) is 11.5. The summed E-state index contributed by atoms with van der Waals surface area (Å²) in [6.07, 6.45) is 3.76. The number of rotatable bonds is 3. The van der Waals surface area contributed by atoms with Gasteiger partial charge < -0.3 is 5.32 Å². The van der Waals surface area contributed by atoms with Crippen LogP contribution in [0.5, 0.6) is 0 Å². The lowest BCUT2D eigenvalue weighted by atomic mass is 9.88. The summed E-state index contributed by atoms with van der Waals surface area (Å²) in [5, 5.41) is 3.55. The summed E-state index contributed by atoms with van der Waals surface area (Å²) in [5.74, 6) is 1.51. The normalized spacial score (nSPS) is 21.1. The van der Waals surface area contributed by atoms with Crippen LogP contribution in [0.4, 0.5) is 5.69 Å². The molecule has 0 radical (unpaired) electrons. The van der Waals surface area contributed by atoms with Crippen molar-refractivity contribution in [1.29, 1.82) is 0 Å². The first-order valence-electron chi connectivity index (χ1n) is 6.61. The van der Waals surface area contributed by atoms with E-state index >= 15 is 0 Å². The lowest BCUT2D eigenvalue weighted by Crippen LogP contribution is -2.22. The molecule has 16 heavy (non-hydrogen) atoms. The number of fused-ring (bicyclic) bond motifs is 1. The highest BCUT2D eigenvalue weighted by atomic mass is 14.9. The van der Waals surface area contributed by atoms with E-state index in [1.807, 2.05) is 0 Å². The molecule has 1 aromatic carbocycles. The van der Waals surface area contributed by atoms with Gasteiger partial charge in [0.15, 0.2) is 0 Å². The number of nitrogens with one attached hydrogen (secondary N) is 1. The topological polar surface area (TPSA) is 12.0 Å². The van der Waals surface area contributed by atoms with Gasteiger partial charge in [-0.15, -0.1) is 0 Å². The van der Waals surface area contributed by atoms with E-state index in [0.29, 0.717) is 5.92 Å². The average Bonchev–Trinajstić information content (AvgIpc) is 2.36. The van der Waals surface area contributed by atoms with Crippen LogP contribution in [0.1, 0.15) is 50.7 Å². The molecule has 1 aromatic rings. The van der Waals surface area contributed by atoms with E-state index in [-0.39, 0.29) is 0 Å². The molecule has 1 aliphatic rings. The minimum atomic E-state index is 0.687. The van der Waals surface area contributed by atoms with Gasteiger partial charge in [-0.2, -0.15) is 0 Å². The van der Waals surface area contributed by atoms with Gasteiger partial charge in [-0.3, -0.25) is 0 Å². The van der Waals surface area contributed by atoms with Gasteiger partial charge in [-0.05, 0) is 41.9 Å². The number of benzene rings is 1. The first-order valence-corrected chi connectivity index (χ1v) is 6.61. The lowest BCUT2D eigenvalue weighted by Gasteiger charge is -2.26. The van der Waals surface area contributed by atoms with Crippen molar-refractivity contribution in [2.75, 3.05) is 11.9 Å². The molecule has 1 aliphatic heterocycles. The van der Waals surface area contributed by atoms with Crippen LogP contribution >= 0.6 is 0 Å². The Morgan fingerprint density at radius 1 is 1.38 bits per heavy atom. The van der Waals surface area contributed by atoms with Crippen molar-refractivity contribution >= 4 is 5.69 Å². The van der Waals surface area contributed by atoms with Gasteiger partial charge in [-0.25, -0.2) is 0 Å². The summed E-state index contributed by atoms with van der Waals surface area (Å²) >= 11 is 0. The Hall–Kier alpha value is -0.980. The van der Waals surface area contributed by atoms with Crippen molar-refractivity contribution in [2.24, 2.45) is 5.92 Å². The van der Waals surface area contributed by atoms with E-state index < -0.39 is 0 Å². The molecule has 2 atom stereocenters. The van der Waals surface area contributed by atoms with Crippen molar-refractivity contribution < 1.29 is 0 Å². The Morgan fingerprint density at radius 3 is 2.88 bits per heavy atom. The van der Waals surface area contributed by atoms with E-state index in [1.54, 1.807) is 0 Å². The molecule has 1 heterocycles. The van der Waals surface area contributed by atoms with Crippen molar-refractivity contribution in [1.82, 2.24) is 0 Å². The molecule has 88 valence electrons. The highest BCUT2D eigenvalue weighted by Gasteiger charge is 2.17. The smallest absolute Gasteiger partial charge is 0.0373 e. The van der Waals surface area contributed by atoms with Gasteiger partial charge in [0.1, 0.15) is 0 Å². The Bertz CT molecular complexity index is 356. The van der Waals surface area contributed by atoms with Gasteiger partial charge in [0.2, 0.25) is 0 Å². The molecular formula is C15H23N. The van der Waals surface area contributed by atoms with Gasteiger partial charge in [0, 0.05) is 12.2 Å².